The second-order valence-corrected chi connectivity index (χ2v) is 2.62. The summed E-state index contributed by atoms with van der Waals surface area (Å²) in [4.78, 5) is 24.1. The van der Waals surface area contributed by atoms with Gasteiger partial charge < -0.3 is 0 Å². The Kier molecular flexibility index (Phi) is 2.03. The zero-order valence-electron chi connectivity index (χ0n) is 6.77. The molecule has 0 fully saturated rings. The van der Waals surface area contributed by atoms with E-state index in [1.807, 2.05) is 0 Å². The summed E-state index contributed by atoms with van der Waals surface area (Å²) < 4.78 is 0. The third-order valence-corrected chi connectivity index (χ3v) is 1.74. The average Bonchev–Trinajstić information content (AvgIpc) is 1.96. The second kappa shape index (κ2) is 2.84. The Morgan fingerprint density at radius 3 is 2.67 bits per heavy atom. The molecule has 1 amide bonds. The van der Waals surface area contributed by atoms with Crippen molar-refractivity contribution in [3.05, 3.63) is 21.8 Å². The number of hydrogen-bond donors (Lipinski definition) is 0. The molecule has 0 aromatic heterocycles. The van der Waals surface area contributed by atoms with Gasteiger partial charge in [-0.3, -0.25) is 14.9 Å². The van der Waals surface area contributed by atoms with Crippen LogP contribution >= 0.6 is 0 Å². The van der Waals surface area contributed by atoms with E-state index in [4.69, 9.17) is 0 Å². The maximum absolute atomic E-state index is 10.9. The lowest BCUT2D eigenvalue weighted by atomic mass is 10.1. The molecule has 0 saturated carbocycles. The van der Waals surface area contributed by atoms with Crippen LogP contribution in [0, 0.1) is 10.1 Å². The summed E-state index contributed by atoms with van der Waals surface area (Å²) in [6.45, 7) is 3.35. The van der Waals surface area contributed by atoms with Crippen molar-refractivity contribution in [3.63, 3.8) is 0 Å². The third-order valence-electron chi connectivity index (χ3n) is 1.74. The lowest BCUT2D eigenvalue weighted by Gasteiger charge is -2.09. The van der Waals surface area contributed by atoms with Gasteiger partial charge in [0, 0.05) is 16.7 Å². The number of amides is 1. The summed E-state index contributed by atoms with van der Waals surface area (Å²) in [6, 6.07) is -1.28. The molecule has 0 radical (unpaired) electrons. The minimum absolute atomic E-state index is 0.554. The number of dihydropyridines is 1. The van der Waals surface area contributed by atoms with E-state index >= 15 is 0 Å². The van der Waals surface area contributed by atoms with Crippen LogP contribution in [0.4, 0.5) is 0 Å². The van der Waals surface area contributed by atoms with Gasteiger partial charge in [0.25, 0.3) is 0 Å². The standard InChI is InChI=1S/C7H8N2O3/c1-4-3-6(9(11)12)7(10)8-5(4)2/h3,6H,1-2H3. The Morgan fingerprint density at radius 1 is 1.58 bits per heavy atom. The SMILES string of the molecule is CC1=CC([N+](=O)[O-])C(=O)N=C1C. The Hall–Kier alpha value is -1.52. The number of nitrogens with zero attached hydrogens (tertiary/aromatic N) is 2. The normalized spacial score (nSPS) is 23.2. The average molecular weight is 168 g/mol. The maximum atomic E-state index is 10.9. The zero-order valence-corrected chi connectivity index (χ0v) is 6.77. The Balaban J connectivity index is 2.99. The van der Waals surface area contributed by atoms with Crippen LogP contribution < -0.4 is 0 Å². The van der Waals surface area contributed by atoms with Crippen molar-refractivity contribution in [1.29, 1.82) is 0 Å². The number of rotatable bonds is 1. The molecule has 1 unspecified atom stereocenters. The first-order chi connectivity index (χ1) is 5.52. The van der Waals surface area contributed by atoms with E-state index < -0.39 is 16.9 Å². The van der Waals surface area contributed by atoms with E-state index in [2.05, 4.69) is 4.99 Å². The van der Waals surface area contributed by atoms with Gasteiger partial charge in [0.05, 0.1) is 0 Å². The molecule has 1 aliphatic heterocycles. The van der Waals surface area contributed by atoms with Crippen LogP contribution in [-0.2, 0) is 4.79 Å². The molecule has 0 bridgehead atoms. The molecule has 5 nitrogen and oxygen atoms in total. The predicted octanol–water partition coefficient (Wildman–Crippen LogP) is 0.579. The monoisotopic (exact) mass is 168 g/mol. The molecule has 0 saturated heterocycles. The largest absolute Gasteiger partial charge is 0.324 e. The molecule has 12 heavy (non-hydrogen) atoms. The fourth-order valence-electron chi connectivity index (χ4n) is 0.899. The summed E-state index contributed by atoms with van der Waals surface area (Å²) in [5.74, 6) is -0.692. The molecule has 0 N–H and O–H groups in total. The van der Waals surface area contributed by atoms with Crippen LogP contribution in [0.3, 0.4) is 0 Å². The number of aliphatic imine (C=N–C) groups is 1. The zero-order chi connectivity index (χ0) is 9.30. The van der Waals surface area contributed by atoms with Crippen molar-refractivity contribution >= 4 is 11.6 Å². The van der Waals surface area contributed by atoms with Crippen LogP contribution in [0.5, 0.6) is 0 Å². The Morgan fingerprint density at radius 2 is 2.17 bits per heavy atom. The fraction of sp³-hybridized carbons (Fsp3) is 0.429. The van der Waals surface area contributed by atoms with Gasteiger partial charge in [-0.2, -0.15) is 0 Å². The quantitative estimate of drug-likeness (QED) is 0.424. The van der Waals surface area contributed by atoms with Crippen LogP contribution in [0.1, 0.15) is 13.8 Å². The van der Waals surface area contributed by atoms with Crippen molar-refractivity contribution in [2.45, 2.75) is 19.9 Å². The highest BCUT2D eigenvalue weighted by molar-refractivity contribution is 6.08. The highest BCUT2D eigenvalue weighted by atomic mass is 16.6. The molecule has 0 aliphatic carbocycles. The maximum Gasteiger partial charge on any atom is 0.324 e. The summed E-state index contributed by atoms with van der Waals surface area (Å²) >= 11 is 0. The smallest absolute Gasteiger partial charge is 0.264 e. The first kappa shape index (κ1) is 8.58. The third kappa shape index (κ3) is 1.39. The number of hydrogen-bond acceptors (Lipinski definition) is 3. The van der Waals surface area contributed by atoms with E-state index in [1.54, 1.807) is 13.8 Å². The van der Waals surface area contributed by atoms with Gasteiger partial charge in [-0.15, -0.1) is 0 Å². The van der Waals surface area contributed by atoms with E-state index in [0.717, 1.165) is 0 Å². The lowest BCUT2D eigenvalue weighted by molar-refractivity contribution is -0.495. The summed E-state index contributed by atoms with van der Waals surface area (Å²) in [5, 5.41) is 10.3. The summed E-state index contributed by atoms with van der Waals surface area (Å²) in [7, 11) is 0. The Labute approximate surface area is 68.9 Å². The van der Waals surface area contributed by atoms with Crippen molar-refractivity contribution in [1.82, 2.24) is 0 Å². The molecular weight excluding hydrogens is 160 g/mol. The van der Waals surface area contributed by atoms with Gasteiger partial charge in [-0.05, 0) is 19.4 Å². The van der Waals surface area contributed by atoms with Gasteiger partial charge >= 0.3 is 11.9 Å². The summed E-state index contributed by atoms with van der Waals surface area (Å²) in [6.07, 6.45) is 1.32. The van der Waals surface area contributed by atoms with Gasteiger partial charge in [-0.25, -0.2) is 4.99 Å². The van der Waals surface area contributed by atoms with E-state index in [-0.39, 0.29) is 0 Å². The predicted molar refractivity (Wildman–Crippen MR) is 42.7 cm³/mol. The molecule has 0 aromatic carbocycles. The number of carbonyl (C=O) groups is 1. The number of carbonyl (C=O) groups excluding carboxylic acids is 1. The number of allylic oxidation sites excluding steroid dienone is 1. The van der Waals surface area contributed by atoms with Crippen molar-refractivity contribution < 1.29 is 9.72 Å². The van der Waals surface area contributed by atoms with Gasteiger partial charge in [0.15, 0.2) is 0 Å². The van der Waals surface area contributed by atoms with E-state index in [9.17, 15) is 14.9 Å². The van der Waals surface area contributed by atoms with Crippen LogP contribution in [0.25, 0.3) is 0 Å². The van der Waals surface area contributed by atoms with Crippen molar-refractivity contribution in [3.8, 4) is 0 Å². The molecule has 64 valence electrons. The van der Waals surface area contributed by atoms with Crippen LogP contribution in [-0.4, -0.2) is 22.6 Å². The van der Waals surface area contributed by atoms with E-state index in [0.29, 0.717) is 11.3 Å². The molecule has 1 aliphatic rings. The molecule has 0 spiro atoms. The first-order valence-corrected chi connectivity index (χ1v) is 3.44. The molecule has 0 aromatic rings. The molecule has 1 heterocycles. The Bertz CT molecular complexity index is 304. The lowest BCUT2D eigenvalue weighted by Crippen LogP contribution is -2.30. The minimum Gasteiger partial charge on any atom is -0.264 e. The molecule has 1 rings (SSSR count). The van der Waals surface area contributed by atoms with Gasteiger partial charge in [0.1, 0.15) is 0 Å². The highest BCUT2D eigenvalue weighted by Gasteiger charge is 2.30. The highest BCUT2D eigenvalue weighted by Crippen LogP contribution is 2.10. The molecule has 1 atom stereocenters. The van der Waals surface area contributed by atoms with Gasteiger partial charge in [0.2, 0.25) is 0 Å². The molecular formula is C7H8N2O3. The first-order valence-electron chi connectivity index (χ1n) is 3.44. The summed E-state index contributed by atoms with van der Waals surface area (Å²) in [5.41, 5.74) is 1.24. The van der Waals surface area contributed by atoms with Crippen molar-refractivity contribution in [2.24, 2.45) is 4.99 Å². The van der Waals surface area contributed by atoms with Crippen LogP contribution in [0.2, 0.25) is 0 Å². The second-order valence-electron chi connectivity index (χ2n) is 2.62. The van der Waals surface area contributed by atoms with E-state index in [1.165, 1.54) is 6.08 Å². The topological polar surface area (TPSA) is 72.6 Å². The minimum atomic E-state index is -1.28. The molecule has 5 heteroatoms. The van der Waals surface area contributed by atoms with Crippen molar-refractivity contribution in [2.75, 3.05) is 0 Å². The fourth-order valence-corrected chi connectivity index (χ4v) is 0.899. The number of nitro groups is 1. The van der Waals surface area contributed by atoms with Crippen LogP contribution in [0.15, 0.2) is 16.6 Å². The van der Waals surface area contributed by atoms with Gasteiger partial charge in [-0.1, -0.05) is 0 Å².